The third-order valence-electron chi connectivity index (χ3n) is 5.03. The number of thioether (sulfide) groups is 1. The quantitative estimate of drug-likeness (QED) is 0.583. The summed E-state index contributed by atoms with van der Waals surface area (Å²) in [7, 11) is 6.86. The van der Waals surface area contributed by atoms with Crippen molar-refractivity contribution in [2.45, 2.75) is 31.6 Å². The summed E-state index contributed by atoms with van der Waals surface area (Å²) in [5.74, 6) is 0.459. The molecule has 0 saturated carbocycles. The molecule has 2 aromatic heterocycles. The Labute approximate surface area is 186 Å². The van der Waals surface area contributed by atoms with Gasteiger partial charge in [-0.2, -0.15) is 0 Å². The molecule has 0 saturated heterocycles. The van der Waals surface area contributed by atoms with Crippen LogP contribution in [-0.4, -0.2) is 52.0 Å². The van der Waals surface area contributed by atoms with E-state index < -0.39 is 0 Å². The Morgan fingerprint density at radius 3 is 2.48 bits per heavy atom. The number of rotatable bonds is 6. The number of fused-ring (bicyclic) bond motifs is 1. The number of benzene rings is 1. The first-order valence-electron chi connectivity index (χ1n) is 9.87. The lowest BCUT2D eigenvalue weighted by Crippen LogP contribution is -2.16. The molecule has 1 N–H and O–H groups in total. The molecule has 31 heavy (non-hydrogen) atoms. The summed E-state index contributed by atoms with van der Waals surface area (Å²) >= 11 is 1.15. The Hall–Kier alpha value is -3.07. The molecule has 0 radical (unpaired) electrons. The standard InChI is InChI=1S/C22H27N5O3S/c1-13-17(14(2)23-20-19(13)21(30-6)25-27(20)5)11-12-18(28)24-15-7-9-16(10-8-15)31-22(29)26(3)4/h7-10H,11-12H2,1-6H3,(H,24,28). The van der Waals surface area contributed by atoms with Gasteiger partial charge < -0.3 is 15.0 Å². The van der Waals surface area contributed by atoms with Crippen LogP contribution in [-0.2, 0) is 18.3 Å². The van der Waals surface area contributed by atoms with Gasteiger partial charge in [-0.25, -0.2) is 9.67 Å². The van der Waals surface area contributed by atoms with E-state index in [2.05, 4.69) is 15.4 Å². The summed E-state index contributed by atoms with van der Waals surface area (Å²) in [6.07, 6.45) is 0.892. The minimum atomic E-state index is -0.0816. The van der Waals surface area contributed by atoms with Gasteiger partial charge in [-0.15, -0.1) is 5.10 Å². The van der Waals surface area contributed by atoms with E-state index in [1.165, 1.54) is 4.90 Å². The number of methoxy groups -OCH3 is 1. The van der Waals surface area contributed by atoms with Crippen LogP contribution in [0.2, 0.25) is 0 Å². The van der Waals surface area contributed by atoms with Crippen LogP contribution in [0.15, 0.2) is 29.2 Å². The van der Waals surface area contributed by atoms with E-state index in [9.17, 15) is 9.59 Å². The number of ether oxygens (including phenoxy) is 1. The van der Waals surface area contributed by atoms with Gasteiger partial charge in [-0.1, -0.05) is 0 Å². The van der Waals surface area contributed by atoms with Crippen molar-refractivity contribution >= 4 is 39.6 Å². The second kappa shape index (κ2) is 9.38. The maximum atomic E-state index is 12.5. The fraction of sp³-hybridized carbons (Fsp3) is 0.364. The summed E-state index contributed by atoms with van der Waals surface area (Å²) in [5, 5.41) is 8.11. The number of amides is 2. The highest BCUT2D eigenvalue weighted by atomic mass is 32.2. The molecule has 1 aromatic carbocycles. The lowest BCUT2D eigenvalue weighted by atomic mass is 10.00. The Kier molecular flexibility index (Phi) is 6.84. The third kappa shape index (κ3) is 4.99. The van der Waals surface area contributed by atoms with Crippen molar-refractivity contribution in [3.05, 3.63) is 41.1 Å². The molecule has 2 amide bonds. The van der Waals surface area contributed by atoms with E-state index >= 15 is 0 Å². The number of nitrogens with zero attached hydrogens (tertiary/aromatic N) is 4. The van der Waals surface area contributed by atoms with Crippen molar-refractivity contribution in [2.24, 2.45) is 7.05 Å². The van der Waals surface area contributed by atoms with E-state index in [4.69, 9.17) is 4.74 Å². The number of carbonyl (C=O) groups is 2. The van der Waals surface area contributed by atoms with E-state index in [1.54, 1.807) is 38.0 Å². The van der Waals surface area contributed by atoms with E-state index in [0.717, 1.165) is 44.5 Å². The molecule has 0 atom stereocenters. The fourth-order valence-electron chi connectivity index (χ4n) is 3.37. The average molecular weight is 442 g/mol. The summed E-state index contributed by atoms with van der Waals surface area (Å²) < 4.78 is 7.11. The normalized spacial score (nSPS) is 10.9. The van der Waals surface area contributed by atoms with Gasteiger partial charge in [0.05, 0.1) is 12.5 Å². The lowest BCUT2D eigenvalue weighted by Gasteiger charge is -2.12. The van der Waals surface area contributed by atoms with Crippen LogP contribution in [0.5, 0.6) is 5.88 Å². The van der Waals surface area contributed by atoms with Crippen LogP contribution >= 0.6 is 11.8 Å². The smallest absolute Gasteiger partial charge is 0.285 e. The summed E-state index contributed by atoms with van der Waals surface area (Å²) in [5.41, 5.74) is 4.42. The van der Waals surface area contributed by atoms with Crippen LogP contribution in [0, 0.1) is 13.8 Å². The number of aromatic nitrogens is 3. The highest BCUT2D eigenvalue weighted by molar-refractivity contribution is 8.13. The molecule has 0 fully saturated rings. The van der Waals surface area contributed by atoms with Gasteiger partial charge in [0.25, 0.3) is 5.24 Å². The molecule has 0 aliphatic carbocycles. The van der Waals surface area contributed by atoms with Crippen molar-refractivity contribution in [1.82, 2.24) is 19.7 Å². The molecule has 8 nitrogen and oxygen atoms in total. The topological polar surface area (TPSA) is 89.3 Å². The number of aryl methyl sites for hydroxylation is 3. The highest BCUT2D eigenvalue weighted by Crippen LogP contribution is 2.30. The number of nitrogens with one attached hydrogen (secondary N) is 1. The minimum absolute atomic E-state index is 0.0432. The third-order valence-corrected chi connectivity index (χ3v) is 6.07. The SMILES string of the molecule is COc1nn(C)c2nc(C)c(CCC(=O)Nc3ccc(SC(=O)N(C)C)cc3)c(C)c12. The van der Waals surface area contributed by atoms with Gasteiger partial charge in [-0.05, 0) is 67.4 Å². The van der Waals surface area contributed by atoms with Crippen LogP contribution in [0.25, 0.3) is 11.0 Å². The molecule has 0 aliphatic rings. The molecule has 2 heterocycles. The number of hydrogen-bond acceptors (Lipinski definition) is 6. The molecule has 0 aliphatic heterocycles. The summed E-state index contributed by atoms with van der Waals surface area (Å²) in [6, 6.07) is 7.24. The molecule has 3 rings (SSSR count). The van der Waals surface area contributed by atoms with E-state index in [1.807, 2.05) is 33.0 Å². The highest BCUT2D eigenvalue weighted by Gasteiger charge is 2.18. The predicted octanol–water partition coefficient (Wildman–Crippen LogP) is 3.94. The van der Waals surface area contributed by atoms with Crippen molar-refractivity contribution < 1.29 is 14.3 Å². The summed E-state index contributed by atoms with van der Waals surface area (Å²) in [6.45, 7) is 3.96. The Morgan fingerprint density at radius 1 is 1.19 bits per heavy atom. The zero-order valence-corrected chi connectivity index (χ0v) is 19.5. The first-order valence-corrected chi connectivity index (χ1v) is 10.7. The van der Waals surface area contributed by atoms with Crippen LogP contribution in [0.1, 0.15) is 23.2 Å². The minimum Gasteiger partial charge on any atom is -0.479 e. The molecule has 0 unspecified atom stereocenters. The number of pyridine rings is 1. The monoisotopic (exact) mass is 441 g/mol. The summed E-state index contributed by atoms with van der Waals surface area (Å²) in [4.78, 5) is 31.3. The predicted molar refractivity (Wildman–Crippen MR) is 123 cm³/mol. The second-order valence-electron chi connectivity index (χ2n) is 7.47. The number of anilines is 1. The maximum absolute atomic E-state index is 12.5. The molecule has 0 bridgehead atoms. The van der Waals surface area contributed by atoms with E-state index in [-0.39, 0.29) is 11.1 Å². The Bertz CT molecular complexity index is 1120. The molecule has 0 spiro atoms. The van der Waals surface area contributed by atoms with Crippen molar-refractivity contribution in [3.63, 3.8) is 0 Å². The van der Waals surface area contributed by atoms with Gasteiger partial charge in [0.2, 0.25) is 11.8 Å². The lowest BCUT2D eigenvalue weighted by molar-refractivity contribution is -0.116. The fourth-order valence-corrected chi connectivity index (χ4v) is 4.02. The zero-order valence-electron chi connectivity index (χ0n) is 18.6. The van der Waals surface area contributed by atoms with Gasteiger partial charge >= 0.3 is 0 Å². The number of carbonyl (C=O) groups excluding carboxylic acids is 2. The van der Waals surface area contributed by atoms with E-state index in [0.29, 0.717) is 24.4 Å². The largest absolute Gasteiger partial charge is 0.479 e. The van der Waals surface area contributed by atoms with Gasteiger partial charge in [0, 0.05) is 43.8 Å². The van der Waals surface area contributed by atoms with Crippen LogP contribution in [0.3, 0.4) is 0 Å². The molecule has 3 aromatic rings. The first-order chi connectivity index (χ1) is 14.7. The van der Waals surface area contributed by atoms with Gasteiger partial charge in [0.15, 0.2) is 5.65 Å². The van der Waals surface area contributed by atoms with Crippen LogP contribution < -0.4 is 10.1 Å². The molecule has 164 valence electrons. The zero-order chi connectivity index (χ0) is 22.7. The maximum Gasteiger partial charge on any atom is 0.285 e. The molecular formula is C22H27N5O3S. The van der Waals surface area contributed by atoms with Crippen molar-refractivity contribution in [2.75, 3.05) is 26.5 Å². The van der Waals surface area contributed by atoms with Gasteiger partial charge in [-0.3, -0.25) is 9.59 Å². The van der Waals surface area contributed by atoms with Crippen LogP contribution in [0.4, 0.5) is 10.5 Å². The number of hydrogen-bond donors (Lipinski definition) is 1. The van der Waals surface area contributed by atoms with Crippen molar-refractivity contribution in [3.8, 4) is 5.88 Å². The molecule has 9 heteroatoms. The Balaban J connectivity index is 1.67. The second-order valence-corrected chi connectivity index (χ2v) is 8.49. The molecular weight excluding hydrogens is 414 g/mol. The average Bonchev–Trinajstić information content (AvgIpc) is 3.04. The Morgan fingerprint density at radius 2 is 1.87 bits per heavy atom. The first kappa shape index (κ1) is 22.6. The van der Waals surface area contributed by atoms with Crippen molar-refractivity contribution in [1.29, 1.82) is 0 Å². The van der Waals surface area contributed by atoms with Gasteiger partial charge in [0.1, 0.15) is 0 Å².